The summed E-state index contributed by atoms with van der Waals surface area (Å²) in [6, 6.07) is 19.2. The van der Waals surface area contributed by atoms with Crippen molar-refractivity contribution in [3.8, 4) is 34.4 Å². The Bertz CT molecular complexity index is 1930. The van der Waals surface area contributed by atoms with Crippen LogP contribution in [0.15, 0.2) is 67.0 Å². The number of likely N-dealkylation sites (tertiary alicyclic amines) is 1. The number of carbonyl (C=O) groups is 1. The molecule has 53 heavy (non-hydrogen) atoms. The Hall–Kier alpha value is -4.70. The molecule has 3 aromatic carbocycles. The van der Waals surface area contributed by atoms with Gasteiger partial charge in [0, 0.05) is 49.2 Å². The Morgan fingerprint density at radius 2 is 1.77 bits per heavy atom. The molecule has 1 aliphatic rings. The van der Waals surface area contributed by atoms with Crippen LogP contribution in [0, 0.1) is 25.2 Å². The number of halogens is 1. The van der Waals surface area contributed by atoms with E-state index in [2.05, 4.69) is 47.3 Å². The maximum absolute atomic E-state index is 11.8. The van der Waals surface area contributed by atoms with Crippen molar-refractivity contribution >= 4 is 17.6 Å². The predicted molar refractivity (Wildman–Crippen MR) is 202 cm³/mol. The number of nitrogens with zero attached hydrogens (tertiary/aromatic N) is 3. The monoisotopic (exact) mass is 742 g/mol. The molecule has 0 unspecified atom stereocenters. The van der Waals surface area contributed by atoms with Crippen molar-refractivity contribution in [1.29, 1.82) is 5.26 Å². The Balaban J connectivity index is 1.31. The number of aliphatic hydroxyl groups excluding tert-OH is 2. The van der Waals surface area contributed by atoms with E-state index in [0.717, 1.165) is 72.5 Å². The van der Waals surface area contributed by atoms with Crippen molar-refractivity contribution in [2.24, 2.45) is 0 Å². The first-order valence-electron chi connectivity index (χ1n) is 17.7. The molecule has 2 atom stereocenters. The smallest absolute Gasteiger partial charge is 0.326 e. The molecule has 1 fully saturated rings. The summed E-state index contributed by atoms with van der Waals surface area (Å²) in [5.74, 6) is 0.392. The third-order valence-electron chi connectivity index (χ3n) is 9.65. The number of aromatic nitrogens is 1. The molecule has 0 amide bonds. The molecule has 1 aromatic heterocycles. The standard InChI is InChI=1S/C41H47ClN4O7/c1-27-31(8-4-10-34(27)35-11-5-12-37(28(35)2)51-15-7-14-46-13-6-9-33(48)23-46)25-53-39-18-38(52-24-30-16-29(19-43)20-44-21-30)32(17-36(39)42)22-45-41(3,26-47)40(49)50/h4-5,8,10-12,16-18,20-21,33,45,47-48H,6-7,9,13-15,22-26H2,1-3H3,(H,49,50)/t33-,41-/m0/s1. The third-order valence-corrected chi connectivity index (χ3v) is 9.95. The quantitative estimate of drug-likeness (QED) is 0.0914. The number of aliphatic carboxylic acids is 1. The maximum atomic E-state index is 11.8. The zero-order valence-corrected chi connectivity index (χ0v) is 31.2. The van der Waals surface area contributed by atoms with Crippen LogP contribution >= 0.6 is 11.6 Å². The van der Waals surface area contributed by atoms with Crippen LogP contribution in [0.2, 0.25) is 5.02 Å². The average Bonchev–Trinajstić information content (AvgIpc) is 3.15. The van der Waals surface area contributed by atoms with E-state index >= 15 is 0 Å². The number of piperidine rings is 1. The minimum Gasteiger partial charge on any atom is -0.493 e. The second-order valence-electron chi connectivity index (χ2n) is 13.6. The van der Waals surface area contributed by atoms with E-state index in [-0.39, 0.29) is 25.9 Å². The number of β-amino-alcohol motifs (C(OH)–C–C–N with tert-alkyl or cyclic N) is 1. The van der Waals surface area contributed by atoms with E-state index in [1.807, 2.05) is 24.3 Å². The van der Waals surface area contributed by atoms with E-state index in [1.54, 1.807) is 24.4 Å². The van der Waals surface area contributed by atoms with Crippen LogP contribution in [-0.2, 0) is 24.6 Å². The second-order valence-corrected chi connectivity index (χ2v) is 14.0. The normalized spacial score (nSPS) is 15.7. The van der Waals surface area contributed by atoms with Gasteiger partial charge in [0.2, 0.25) is 0 Å². The van der Waals surface area contributed by atoms with Gasteiger partial charge in [0.15, 0.2) is 0 Å². The lowest BCUT2D eigenvalue weighted by atomic mass is 9.93. The number of hydrogen-bond acceptors (Lipinski definition) is 10. The molecule has 12 heteroatoms. The fraction of sp³-hybridized carbons (Fsp3) is 0.390. The Labute approximate surface area is 315 Å². The van der Waals surface area contributed by atoms with Crippen LogP contribution in [0.5, 0.6) is 17.2 Å². The molecule has 280 valence electrons. The predicted octanol–water partition coefficient (Wildman–Crippen LogP) is 6.20. The number of benzene rings is 3. The first-order chi connectivity index (χ1) is 25.5. The van der Waals surface area contributed by atoms with Crippen molar-refractivity contribution < 1.29 is 34.3 Å². The van der Waals surface area contributed by atoms with Crippen LogP contribution in [0.1, 0.15) is 59.6 Å². The summed E-state index contributed by atoms with van der Waals surface area (Å²) in [4.78, 5) is 18.2. The summed E-state index contributed by atoms with van der Waals surface area (Å²) in [6.45, 7) is 8.46. The molecule has 1 saturated heterocycles. The largest absolute Gasteiger partial charge is 0.493 e. The van der Waals surface area contributed by atoms with Crippen LogP contribution < -0.4 is 19.5 Å². The molecular weight excluding hydrogens is 696 g/mol. The van der Waals surface area contributed by atoms with E-state index in [1.165, 1.54) is 13.1 Å². The molecule has 0 saturated carbocycles. The molecule has 0 bridgehead atoms. The number of carboxylic acid groups (broad SMARTS) is 1. The minimum absolute atomic E-state index is 0.0288. The zero-order chi connectivity index (χ0) is 38.0. The number of pyridine rings is 1. The highest BCUT2D eigenvalue weighted by Gasteiger charge is 2.32. The minimum atomic E-state index is -1.59. The van der Waals surface area contributed by atoms with Gasteiger partial charge in [0.05, 0.1) is 29.9 Å². The summed E-state index contributed by atoms with van der Waals surface area (Å²) in [6.07, 6.45) is 5.62. The molecule has 4 N–H and O–H groups in total. The first kappa shape index (κ1) is 39.5. The van der Waals surface area contributed by atoms with Gasteiger partial charge in [-0.05, 0) is 92.6 Å². The van der Waals surface area contributed by atoms with E-state index < -0.39 is 18.1 Å². The summed E-state index contributed by atoms with van der Waals surface area (Å²) in [7, 11) is 0. The molecule has 5 rings (SSSR count). The summed E-state index contributed by atoms with van der Waals surface area (Å²) >= 11 is 6.73. The van der Waals surface area contributed by atoms with Gasteiger partial charge >= 0.3 is 5.97 Å². The van der Waals surface area contributed by atoms with Gasteiger partial charge < -0.3 is 34.4 Å². The Kier molecular flexibility index (Phi) is 13.7. The van der Waals surface area contributed by atoms with Crippen molar-refractivity contribution in [1.82, 2.24) is 15.2 Å². The molecule has 11 nitrogen and oxygen atoms in total. The van der Waals surface area contributed by atoms with E-state index in [0.29, 0.717) is 39.8 Å². The molecule has 1 aliphatic heterocycles. The van der Waals surface area contributed by atoms with Gasteiger partial charge in [-0.1, -0.05) is 41.9 Å². The number of nitrogens with one attached hydrogen (secondary N) is 1. The lowest BCUT2D eigenvalue weighted by molar-refractivity contribution is -0.145. The number of aliphatic hydroxyl groups is 2. The van der Waals surface area contributed by atoms with Crippen LogP contribution in [0.25, 0.3) is 11.1 Å². The lowest BCUT2D eigenvalue weighted by Gasteiger charge is -2.29. The van der Waals surface area contributed by atoms with Crippen molar-refractivity contribution in [2.45, 2.75) is 71.4 Å². The van der Waals surface area contributed by atoms with Gasteiger partial charge in [0.25, 0.3) is 0 Å². The third kappa shape index (κ3) is 10.3. The molecule has 2 heterocycles. The Morgan fingerprint density at radius 3 is 2.51 bits per heavy atom. The highest BCUT2D eigenvalue weighted by molar-refractivity contribution is 6.32. The number of ether oxygens (including phenoxy) is 3. The average molecular weight is 743 g/mol. The highest BCUT2D eigenvalue weighted by Crippen LogP contribution is 2.36. The molecule has 4 aromatic rings. The van der Waals surface area contributed by atoms with Gasteiger partial charge in [-0.15, -0.1) is 0 Å². The maximum Gasteiger partial charge on any atom is 0.326 e. The number of nitriles is 1. The fourth-order valence-corrected chi connectivity index (χ4v) is 6.53. The van der Waals surface area contributed by atoms with Crippen LogP contribution in [0.3, 0.4) is 0 Å². The van der Waals surface area contributed by atoms with Crippen molar-refractivity contribution in [3.05, 3.63) is 105 Å². The number of carboxylic acids is 1. The van der Waals surface area contributed by atoms with Crippen molar-refractivity contribution in [3.63, 3.8) is 0 Å². The van der Waals surface area contributed by atoms with Gasteiger partial charge in [-0.25, -0.2) is 0 Å². The van der Waals surface area contributed by atoms with E-state index in [9.17, 15) is 25.4 Å². The highest BCUT2D eigenvalue weighted by atomic mass is 35.5. The zero-order valence-electron chi connectivity index (χ0n) is 30.4. The number of hydrogen-bond donors (Lipinski definition) is 4. The molecule has 0 aliphatic carbocycles. The molecular formula is C41H47ClN4O7. The number of rotatable bonds is 17. The molecule has 0 radical (unpaired) electrons. The lowest BCUT2D eigenvalue weighted by Crippen LogP contribution is -2.52. The van der Waals surface area contributed by atoms with E-state index in [4.69, 9.17) is 25.8 Å². The first-order valence-corrected chi connectivity index (χ1v) is 18.1. The molecule has 0 spiro atoms. The van der Waals surface area contributed by atoms with Gasteiger partial charge in [-0.3, -0.25) is 15.1 Å². The van der Waals surface area contributed by atoms with Gasteiger partial charge in [-0.2, -0.15) is 5.26 Å². The van der Waals surface area contributed by atoms with Crippen molar-refractivity contribution in [2.75, 3.05) is 32.8 Å². The topological polar surface area (TPSA) is 157 Å². The van der Waals surface area contributed by atoms with Crippen LogP contribution in [0.4, 0.5) is 0 Å². The summed E-state index contributed by atoms with van der Waals surface area (Å²) in [5, 5.41) is 41.8. The Morgan fingerprint density at radius 1 is 1.02 bits per heavy atom. The summed E-state index contributed by atoms with van der Waals surface area (Å²) in [5.41, 5.74) is 5.21. The fourth-order valence-electron chi connectivity index (χ4n) is 6.29. The summed E-state index contributed by atoms with van der Waals surface area (Å²) < 4.78 is 18.7. The van der Waals surface area contributed by atoms with Gasteiger partial charge in [0.1, 0.15) is 42.1 Å². The SMILES string of the molecule is Cc1c(COc2cc(OCc3cncc(C#N)c3)c(CN[C@@](C)(CO)C(=O)O)cc2Cl)cccc1-c1cccc(OCCCN2CCC[C@H](O)C2)c1C. The van der Waals surface area contributed by atoms with Crippen LogP contribution in [-0.4, -0.2) is 75.7 Å². The second kappa shape index (κ2) is 18.4.